The van der Waals surface area contributed by atoms with Gasteiger partial charge in [-0.2, -0.15) is 10.1 Å². The van der Waals surface area contributed by atoms with Gasteiger partial charge in [0, 0.05) is 18.5 Å². The van der Waals surface area contributed by atoms with Crippen molar-refractivity contribution in [2.45, 2.75) is 25.3 Å². The molecule has 2 aliphatic heterocycles. The molecule has 2 aliphatic rings. The van der Waals surface area contributed by atoms with E-state index in [0.29, 0.717) is 32.7 Å². The highest BCUT2D eigenvalue weighted by atomic mass is 32.2. The molecule has 8 heteroatoms. The van der Waals surface area contributed by atoms with Crippen molar-refractivity contribution in [2.24, 2.45) is 5.10 Å². The molecule has 0 fully saturated rings. The Kier molecular flexibility index (Phi) is 4.83. The first kappa shape index (κ1) is 19.8. The van der Waals surface area contributed by atoms with Crippen LogP contribution >= 0.6 is 23.1 Å². The summed E-state index contributed by atoms with van der Waals surface area (Å²) in [5.41, 5.74) is 2.82. The Morgan fingerprint density at radius 2 is 1.71 bits per heavy atom. The molecule has 2 aromatic carbocycles. The van der Waals surface area contributed by atoms with Gasteiger partial charge in [0.05, 0.1) is 22.7 Å². The molecule has 156 valence electrons. The fourth-order valence-electron chi connectivity index (χ4n) is 3.82. The molecule has 6 nitrogen and oxygen atoms in total. The van der Waals surface area contributed by atoms with Crippen molar-refractivity contribution < 1.29 is 4.79 Å². The van der Waals surface area contributed by atoms with E-state index < -0.39 is 0 Å². The van der Waals surface area contributed by atoms with Crippen LogP contribution in [0, 0.1) is 0 Å². The number of fused-ring (bicyclic) bond motifs is 1. The lowest BCUT2D eigenvalue weighted by atomic mass is 10.2. The predicted molar refractivity (Wildman–Crippen MR) is 128 cm³/mol. The molecule has 0 atom stereocenters. The SMILES string of the molecule is CCn1c(=O)/c(=C2/Sc3ccccc3N2C)s/c1=C1/C(=O)N(c2ccccc2)N=C1C. The molecule has 3 aromatic rings. The number of anilines is 2. The van der Waals surface area contributed by atoms with Crippen molar-refractivity contribution in [1.82, 2.24) is 4.57 Å². The number of hydrogen-bond acceptors (Lipinski definition) is 6. The Balaban J connectivity index is 1.73. The Morgan fingerprint density at radius 3 is 2.42 bits per heavy atom. The van der Waals surface area contributed by atoms with Crippen molar-refractivity contribution in [1.29, 1.82) is 0 Å². The van der Waals surface area contributed by atoms with Crippen LogP contribution in [0.1, 0.15) is 13.8 Å². The van der Waals surface area contributed by atoms with E-state index in [0.717, 1.165) is 15.6 Å². The van der Waals surface area contributed by atoms with E-state index in [4.69, 9.17) is 0 Å². The number of nitrogens with zero attached hydrogens (tertiary/aromatic N) is 4. The molecule has 1 aromatic heterocycles. The Morgan fingerprint density at radius 1 is 1.00 bits per heavy atom. The van der Waals surface area contributed by atoms with Crippen LogP contribution in [-0.2, 0) is 11.3 Å². The fraction of sp³-hybridized carbons (Fsp3) is 0.174. The molecular formula is C23H20N4O2S2. The third-order valence-corrected chi connectivity index (χ3v) is 7.92. The zero-order chi connectivity index (χ0) is 21.7. The molecule has 0 bridgehead atoms. The number of thiazole rings is 1. The van der Waals surface area contributed by atoms with Gasteiger partial charge in [0.25, 0.3) is 11.5 Å². The molecule has 0 spiro atoms. The largest absolute Gasteiger partial charge is 0.337 e. The molecule has 0 N–H and O–H groups in total. The van der Waals surface area contributed by atoms with Gasteiger partial charge in [-0.3, -0.25) is 14.2 Å². The Labute approximate surface area is 187 Å². The maximum Gasteiger partial charge on any atom is 0.283 e. The number of aromatic nitrogens is 1. The summed E-state index contributed by atoms with van der Waals surface area (Å²) < 4.78 is 2.99. The summed E-state index contributed by atoms with van der Waals surface area (Å²) in [4.78, 5) is 29.8. The number of carbonyl (C=O) groups excluding carboxylic acids is 1. The van der Waals surface area contributed by atoms with Gasteiger partial charge >= 0.3 is 0 Å². The Hall–Kier alpha value is -3.10. The molecule has 0 radical (unpaired) electrons. The molecule has 31 heavy (non-hydrogen) atoms. The van der Waals surface area contributed by atoms with E-state index in [1.807, 2.05) is 69.4 Å². The van der Waals surface area contributed by atoms with Gasteiger partial charge in [0.15, 0.2) is 0 Å². The topological polar surface area (TPSA) is 57.9 Å². The minimum atomic E-state index is -0.209. The summed E-state index contributed by atoms with van der Waals surface area (Å²) in [6, 6.07) is 17.4. The van der Waals surface area contributed by atoms with E-state index in [2.05, 4.69) is 16.1 Å². The van der Waals surface area contributed by atoms with Crippen LogP contribution in [0.25, 0.3) is 10.6 Å². The predicted octanol–water partition coefficient (Wildman–Crippen LogP) is 2.81. The second-order valence-corrected chi connectivity index (χ2v) is 9.26. The number of amides is 1. The summed E-state index contributed by atoms with van der Waals surface area (Å²) in [6.07, 6.45) is 0. The number of para-hydroxylation sites is 2. The van der Waals surface area contributed by atoms with Gasteiger partial charge in [0.2, 0.25) is 0 Å². The lowest BCUT2D eigenvalue weighted by Gasteiger charge is -2.11. The highest BCUT2D eigenvalue weighted by molar-refractivity contribution is 8.08. The molecule has 0 unspecified atom stereocenters. The van der Waals surface area contributed by atoms with Gasteiger partial charge in [-0.15, -0.1) is 11.3 Å². The smallest absolute Gasteiger partial charge is 0.283 e. The van der Waals surface area contributed by atoms with Gasteiger partial charge < -0.3 is 4.90 Å². The number of carbonyl (C=O) groups is 1. The summed E-state index contributed by atoms with van der Waals surface area (Å²) >= 11 is 2.96. The number of benzene rings is 2. The number of hydrogen-bond donors (Lipinski definition) is 0. The summed E-state index contributed by atoms with van der Waals surface area (Å²) in [6.45, 7) is 4.22. The van der Waals surface area contributed by atoms with Gasteiger partial charge in [-0.1, -0.05) is 42.1 Å². The standard InChI is InChI=1S/C23H20N4O2S2/c1-4-26-21(29)19(23-25(3)16-12-8-9-13-17(16)30-23)31-22(26)18-14(2)24-27(20(18)28)15-10-6-5-7-11-15/h5-13H,4H2,1-3H3/b22-18+,23-19-. The van der Waals surface area contributed by atoms with E-state index >= 15 is 0 Å². The van der Waals surface area contributed by atoms with Crippen molar-refractivity contribution in [3.8, 4) is 0 Å². The third-order valence-electron chi connectivity index (χ3n) is 5.36. The lowest BCUT2D eigenvalue weighted by Crippen LogP contribution is -2.35. The normalized spacial score (nSPS) is 19.2. The number of thioether (sulfide) groups is 1. The van der Waals surface area contributed by atoms with Crippen LogP contribution in [0.2, 0.25) is 0 Å². The minimum absolute atomic E-state index is 0.0732. The molecule has 0 saturated carbocycles. The lowest BCUT2D eigenvalue weighted by molar-refractivity contribution is -0.112. The average molecular weight is 449 g/mol. The van der Waals surface area contributed by atoms with E-state index in [-0.39, 0.29) is 11.5 Å². The summed E-state index contributed by atoms with van der Waals surface area (Å²) in [5.74, 6) is -0.209. The van der Waals surface area contributed by atoms with Gasteiger partial charge in [0.1, 0.15) is 14.2 Å². The first-order valence-electron chi connectivity index (χ1n) is 9.95. The van der Waals surface area contributed by atoms with Crippen LogP contribution in [0.15, 0.2) is 69.4 Å². The van der Waals surface area contributed by atoms with E-state index in [1.165, 1.54) is 16.3 Å². The van der Waals surface area contributed by atoms with E-state index in [9.17, 15) is 9.59 Å². The van der Waals surface area contributed by atoms with Crippen molar-refractivity contribution in [3.63, 3.8) is 0 Å². The van der Waals surface area contributed by atoms with Crippen LogP contribution < -0.4 is 24.7 Å². The van der Waals surface area contributed by atoms with Gasteiger partial charge in [-0.25, -0.2) is 0 Å². The molecule has 0 aliphatic carbocycles. The monoisotopic (exact) mass is 448 g/mol. The van der Waals surface area contributed by atoms with E-state index in [1.54, 1.807) is 16.3 Å². The summed E-state index contributed by atoms with van der Waals surface area (Å²) in [5, 5.41) is 6.79. The number of hydrazone groups is 1. The summed E-state index contributed by atoms with van der Waals surface area (Å²) in [7, 11) is 1.97. The average Bonchev–Trinajstić information content (AvgIpc) is 3.39. The molecular weight excluding hydrogens is 428 g/mol. The quantitative estimate of drug-likeness (QED) is 0.605. The van der Waals surface area contributed by atoms with Crippen LogP contribution in [-0.4, -0.2) is 23.2 Å². The van der Waals surface area contributed by atoms with Crippen molar-refractivity contribution in [2.75, 3.05) is 17.0 Å². The molecule has 3 heterocycles. The second kappa shape index (κ2) is 7.55. The first-order chi connectivity index (χ1) is 15.0. The molecule has 0 saturated heterocycles. The zero-order valence-corrected chi connectivity index (χ0v) is 19.0. The van der Waals surface area contributed by atoms with Crippen molar-refractivity contribution >= 4 is 56.7 Å². The third kappa shape index (κ3) is 3.05. The number of rotatable bonds is 2. The first-order valence-corrected chi connectivity index (χ1v) is 11.6. The Bertz CT molecular complexity index is 1420. The highest BCUT2D eigenvalue weighted by Crippen LogP contribution is 2.44. The van der Waals surface area contributed by atoms with Crippen molar-refractivity contribution in [3.05, 3.63) is 74.1 Å². The zero-order valence-electron chi connectivity index (χ0n) is 17.3. The highest BCUT2D eigenvalue weighted by Gasteiger charge is 2.32. The molecule has 1 amide bonds. The fourth-order valence-corrected chi connectivity index (χ4v) is 6.42. The maximum atomic E-state index is 13.4. The molecule has 5 rings (SSSR count). The van der Waals surface area contributed by atoms with Crippen LogP contribution in [0.4, 0.5) is 11.4 Å². The maximum absolute atomic E-state index is 13.4. The second-order valence-electron chi connectivity index (χ2n) is 7.23. The van der Waals surface area contributed by atoms with Crippen LogP contribution in [0.5, 0.6) is 0 Å². The minimum Gasteiger partial charge on any atom is -0.337 e. The van der Waals surface area contributed by atoms with Crippen LogP contribution in [0.3, 0.4) is 0 Å². The van der Waals surface area contributed by atoms with Gasteiger partial charge in [-0.05, 0) is 38.1 Å².